The number of hydrogen-bond donors (Lipinski definition) is 1. The molecule has 0 saturated carbocycles. The van der Waals surface area contributed by atoms with E-state index in [4.69, 9.17) is 5.73 Å². The van der Waals surface area contributed by atoms with E-state index in [9.17, 15) is 8.42 Å². The molecule has 0 spiro atoms. The number of likely N-dealkylation sites (N-methyl/N-ethyl adjacent to an activating group) is 1. The van der Waals surface area contributed by atoms with Crippen molar-refractivity contribution in [2.75, 3.05) is 31.3 Å². The molecular formula is C14H18N4O2S. The van der Waals surface area contributed by atoms with Gasteiger partial charge in [0.2, 0.25) is 5.95 Å². The molecule has 0 aliphatic rings. The standard InChI is InChI=1S/C14H18N4O2S/c1-18(10-8-15)14-16-9-7-13(17-14)11-3-5-12(6-4-11)21(2,19)20/h3-7,9H,8,10,15H2,1-2H3. The van der Waals surface area contributed by atoms with Gasteiger partial charge in [0.25, 0.3) is 0 Å². The highest BCUT2D eigenvalue weighted by Crippen LogP contribution is 2.20. The molecule has 1 heterocycles. The Morgan fingerprint density at radius 3 is 2.43 bits per heavy atom. The van der Waals surface area contributed by atoms with Crippen molar-refractivity contribution in [3.8, 4) is 11.3 Å². The molecule has 1 aromatic heterocycles. The molecule has 112 valence electrons. The van der Waals surface area contributed by atoms with Crippen LogP contribution in [-0.2, 0) is 9.84 Å². The Morgan fingerprint density at radius 2 is 1.86 bits per heavy atom. The van der Waals surface area contributed by atoms with Gasteiger partial charge in [0.05, 0.1) is 10.6 Å². The second kappa shape index (κ2) is 6.19. The maximum Gasteiger partial charge on any atom is 0.225 e. The fourth-order valence-electron chi connectivity index (χ4n) is 1.86. The largest absolute Gasteiger partial charge is 0.343 e. The first-order chi connectivity index (χ1) is 9.91. The zero-order valence-corrected chi connectivity index (χ0v) is 12.8. The summed E-state index contributed by atoms with van der Waals surface area (Å²) in [6.45, 7) is 1.18. The first-order valence-corrected chi connectivity index (χ1v) is 8.35. The van der Waals surface area contributed by atoms with Gasteiger partial charge in [0, 0.05) is 38.2 Å². The van der Waals surface area contributed by atoms with Gasteiger partial charge in [0.15, 0.2) is 9.84 Å². The topological polar surface area (TPSA) is 89.2 Å². The monoisotopic (exact) mass is 306 g/mol. The lowest BCUT2D eigenvalue weighted by atomic mass is 10.1. The van der Waals surface area contributed by atoms with Crippen LogP contribution in [0.15, 0.2) is 41.4 Å². The molecule has 6 nitrogen and oxygen atoms in total. The average molecular weight is 306 g/mol. The van der Waals surface area contributed by atoms with Crippen LogP contribution in [0.3, 0.4) is 0 Å². The molecule has 0 fully saturated rings. The van der Waals surface area contributed by atoms with Gasteiger partial charge in [-0.3, -0.25) is 0 Å². The van der Waals surface area contributed by atoms with E-state index in [0.29, 0.717) is 23.9 Å². The van der Waals surface area contributed by atoms with E-state index in [1.165, 1.54) is 6.26 Å². The predicted molar refractivity (Wildman–Crippen MR) is 82.9 cm³/mol. The second-order valence-corrected chi connectivity index (χ2v) is 6.76. The maximum absolute atomic E-state index is 11.5. The van der Waals surface area contributed by atoms with Crippen molar-refractivity contribution >= 4 is 15.8 Å². The van der Waals surface area contributed by atoms with Crippen LogP contribution in [0.5, 0.6) is 0 Å². The normalized spacial score (nSPS) is 11.4. The number of rotatable bonds is 5. The van der Waals surface area contributed by atoms with Crippen LogP contribution in [0.25, 0.3) is 11.3 Å². The lowest BCUT2D eigenvalue weighted by Gasteiger charge is -2.16. The Kier molecular flexibility index (Phi) is 4.54. The van der Waals surface area contributed by atoms with E-state index in [-0.39, 0.29) is 0 Å². The number of nitrogens with zero attached hydrogens (tertiary/aromatic N) is 3. The van der Waals surface area contributed by atoms with Crippen LogP contribution in [0.4, 0.5) is 5.95 Å². The number of hydrogen-bond acceptors (Lipinski definition) is 6. The predicted octanol–water partition coefficient (Wildman–Crippen LogP) is 0.942. The lowest BCUT2D eigenvalue weighted by molar-refractivity contribution is 0.602. The molecule has 0 aliphatic heterocycles. The Labute approximate surface area is 124 Å². The van der Waals surface area contributed by atoms with Crippen molar-refractivity contribution in [2.24, 2.45) is 5.73 Å². The zero-order chi connectivity index (χ0) is 15.5. The summed E-state index contributed by atoms with van der Waals surface area (Å²) in [6.07, 6.45) is 2.86. The van der Waals surface area contributed by atoms with E-state index in [2.05, 4.69) is 9.97 Å². The van der Waals surface area contributed by atoms with E-state index < -0.39 is 9.84 Å². The van der Waals surface area contributed by atoms with Crippen molar-refractivity contribution in [3.63, 3.8) is 0 Å². The molecule has 0 radical (unpaired) electrons. The fraction of sp³-hybridized carbons (Fsp3) is 0.286. The van der Waals surface area contributed by atoms with E-state index in [0.717, 1.165) is 11.3 Å². The molecule has 21 heavy (non-hydrogen) atoms. The van der Waals surface area contributed by atoms with Gasteiger partial charge in [-0.1, -0.05) is 12.1 Å². The van der Waals surface area contributed by atoms with E-state index in [1.54, 1.807) is 36.5 Å². The van der Waals surface area contributed by atoms with Gasteiger partial charge in [-0.2, -0.15) is 0 Å². The number of sulfone groups is 1. The summed E-state index contributed by atoms with van der Waals surface area (Å²) in [6, 6.07) is 8.43. The van der Waals surface area contributed by atoms with Crippen molar-refractivity contribution in [3.05, 3.63) is 36.5 Å². The summed E-state index contributed by atoms with van der Waals surface area (Å²) in [4.78, 5) is 10.8. The molecule has 7 heteroatoms. The lowest BCUT2D eigenvalue weighted by Crippen LogP contribution is -2.26. The third-order valence-corrected chi connectivity index (χ3v) is 4.16. The molecule has 0 aliphatic carbocycles. The van der Waals surface area contributed by atoms with Crippen LogP contribution < -0.4 is 10.6 Å². The molecule has 2 N–H and O–H groups in total. The maximum atomic E-state index is 11.5. The van der Waals surface area contributed by atoms with Crippen LogP contribution in [0, 0.1) is 0 Å². The van der Waals surface area contributed by atoms with E-state index in [1.807, 2.05) is 11.9 Å². The first-order valence-electron chi connectivity index (χ1n) is 6.46. The van der Waals surface area contributed by atoms with Crippen molar-refractivity contribution in [1.29, 1.82) is 0 Å². The van der Waals surface area contributed by atoms with E-state index >= 15 is 0 Å². The average Bonchev–Trinajstić information content (AvgIpc) is 2.47. The summed E-state index contributed by atoms with van der Waals surface area (Å²) in [5.74, 6) is 0.588. The summed E-state index contributed by atoms with van der Waals surface area (Å²) in [7, 11) is -1.31. The minimum absolute atomic E-state index is 0.292. The summed E-state index contributed by atoms with van der Waals surface area (Å²) in [5.41, 5.74) is 7.10. The number of benzene rings is 1. The van der Waals surface area contributed by atoms with Crippen LogP contribution >= 0.6 is 0 Å². The van der Waals surface area contributed by atoms with Crippen LogP contribution in [0.1, 0.15) is 0 Å². The Balaban J connectivity index is 2.32. The molecular weight excluding hydrogens is 288 g/mol. The Hall–Kier alpha value is -1.99. The molecule has 1 aromatic carbocycles. The Bertz CT molecular complexity index is 714. The van der Waals surface area contributed by atoms with Gasteiger partial charge in [0.1, 0.15) is 0 Å². The third-order valence-electron chi connectivity index (χ3n) is 3.03. The third kappa shape index (κ3) is 3.77. The molecule has 0 bridgehead atoms. The van der Waals surface area contributed by atoms with Gasteiger partial charge in [-0.15, -0.1) is 0 Å². The molecule has 0 amide bonds. The van der Waals surface area contributed by atoms with Crippen LogP contribution in [-0.4, -0.2) is 44.8 Å². The van der Waals surface area contributed by atoms with Gasteiger partial charge < -0.3 is 10.6 Å². The van der Waals surface area contributed by atoms with Crippen LogP contribution in [0.2, 0.25) is 0 Å². The number of aromatic nitrogens is 2. The van der Waals surface area contributed by atoms with Gasteiger partial charge in [-0.05, 0) is 18.2 Å². The fourth-order valence-corrected chi connectivity index (χ4v) is 2.49. The molecule has 0 saturated heterocycles. The summed E-state index contributed by atoms with van der Waals surface area (Å²) >= 11 is 0. The van der Waals surface area contributed by atoms with Crippen molar-refractivity contribution in [2.45, 2.75) is 4.90 Å². The molecule has 0 atom stereocenters. The zero-order valence-electron chi connectivity index (χ0n) is 12.0. The SMILES string of the molecule is CN(CCN)c1nccc(-c2ccc(S(C)(=O)=O)cc2)n1. The number of nitrogens with two attached hydrogens (primary N) is 1. The molecule has 2 aromatic rings. The summed E-state index contributed by atoms with van der Waals surface area (Å²) in [5, 5.41) is 0. The smallest absolute Gasteiger partial charge is 0.225 e. The van der Waals surface area contributed by atoms with Crippen molar-refractivity contribution in [1.82, 2.24) is 9.97 Å². The quantitative estimate of drug-likeness (QED) is 0.884. The van der Waals surface area contributed by atoms with Gasteiger partial charge in [-0.25, -0.2) is 18.4 Å². The highest BCUT2D eigenvalue weighted by molar-refractivity contribution is 7.90. The molecule has 2 rings (SSSR count). The number of anilines is 1. The Morgan fingerprint density at radius 1 is 1.19 bits per heavy atom. The summed E-state index contributed by atoms with van der Waals surface area (Å²) < 4.78 is 22.9. The van der Waals surface area contributed by atoms with Gasteiger partial charge >= 0.3 is 0 Å². The highest BCUT2D eigenvalue weighted by Gasteiger charge is 2.09. The molecule has 0 unspecified atom stereocenters. The second-order valence-electron chi connectivity index (χ2n) is 4.75. The minimum atomic E-state index is -3.19. The van der Waals surface area contributed by atoms with Crippen molar-refractivity contribution < 1.29 is 8.42 Å². The highest BCUT2D eigenvalue weighted by atomic mass is 32.2. The minimum Gasteiger partial charge on any atom is -0.343 e. The first kappa shape index (κ1) is 15.4.